The second-order valence-corrected chi connectivity index (χ2v) is 2.81. The van der Waals surface area contributed by atoms with Crippen LogP contribution in [0, 0.1) is 0 Å². The molecule has 0 saturated carbocycles. The Hall–Kier alpha value is -1.62. The number of hydrogen-bond donors (Lipinski definition) is 2. The van der Waals surface area contributed by atoms with E-state index in [0.717, 1.165) is 0 Å². The third-order valence-corrected chi connectivity index (χ3v) is 1.74. The average molecular weight is 246 g/mol. The normalized spacial score (nSPS) is 8.88. The maximum atomic E-state index is 11.1. The molecular formula is C10H14ClN2O3-. The third kappa shape index (κ3) is 3.86. The highest BCUT2D eigenvalue weighted by Gasteiger charge is 2.07. The summed E-state index contributed by atoms with van der Waals surface area (Å²) >= 11 is 0. The standard InChI is InChI=1S/C10H14N2O3.ClH/c1-3-15-10(13)12-8-5-4-7(11)6-9(8)14-2;/h4-6H,3,11H2,1-2H3,(H,12,13);1H/p-1. The average Bonchev–Trinajstić information content (AvgIpc) is 2.21. The van der Waals surface area contributed by atoms with Gasteiger partial charge in [-0.1, -0.05) is 0 Å². The van der Waals surface area contributed by atoms with Crippen LogP contribution in [0.25, 0.3) is 0 Å². The Kier molecular flexibility index (Phi) is 6.10. The molecule has 0 fully saturated rings. The van der Waals surface area contributed by atoms with Crippen LogP contribution in [0.4, 0.5) is 16.2 Å². The first-order valence-electron chi connectivity index (χ1n) is 4.54. The second kappa shape index (κ2) is 6.79. The van der Waals surface area contributed by atoms with E-state index in [-0.39, 0.29) is 12.4 Å². The lowest BCUT2D eigenvalue weighted by Crippen LogP contribution is -3.00. The molecule has 0 saturated heterocycles. The van der Waals surface area contributed by atoms with Crippen molar-refractivity contribution in [1.82, 2.24) is 0 Å². The lowest BCUT2D eigenvalue weighted by molar-refractivity contribution is -0.00000900. The van der Waals surface area contributed by atoms with Crippen LogP contribution in [0.3, 0.4) is 0 Å². The monoisotopic (exact) mass is 245 g/mol. The Morgan fingerprint density at radius 2 is 2.19 bits per heavy atom. The number of anilines is 2. The van der Waals surface area contributed by atoms with Crippen molar-refractivity contribution in [2.75, 3.05) is 24.8 Å². The van der Waals surface area contributed by atoms with Gasteiger partial charge in [-0.15, -0.1) is 0 Å². The molecule has 0 bridgehead atoms. The first-order valence-corrected chi connectivity index (χ1v) is 4.54. The minimum absolute atomic E-state index is 0. The van der Waals surface area contributed by atoms with Gasteiger partial charge in [0.1, 0.15) is 5.75 Å². The molecule has 0 unspecified atom stereocenters. The number of benzene rings is 1. The number of ether oxygens (including phenoxy) is 2. The molecule has 3 N–H and O–H groups in total. The number of hydrogen-bond acceptors (Lipinski definition) is 4. The van der Waals surface area contributed by atoms with E-state index in [1.807, 2.05) is 0 Å². The van der Waals surface area contributed by atoms with E-state index >= 15 is 0 Å². The molecule has 16 heavy (non-hydrogen) atoms. The van der Waals surface area contributed by atoms with E-state index in [9.17, 15) is 4.79 Å². The van der Waals surface area contributed by atoms with Gasteiger partial charge in [0.15, 0.2) is 0 Å². The van der Waals surface area contributed by atoms with Gasteiger partial charge in [-0.05, 0) is 19.1 Å². The van der Waals surface area contributed by atoms with Crippen LogP contribution in [0.15, 0.2) is 18.2 Å². The van der Waals surface area contributed by atoms with E-state index in [1.54, 1.807) is 25.1 Å². The van der Waals surface area contributed by atoms with Crippen LogP contribution in [0.1, 0.15) is 6.92 Å². The van der Waals surface area contributed by atoms with E-state index in [0.29, 0.717) is 23.7 Å². The van der Waals surface area contributed by atoms with Gasteiger partial charge < -0.3 is 27.6 Å². The number of nitrogens with one attached hydrogen (secondary N) is 1. The number of nitrogens with two attached hydrogens (primary N) is 1. The molecule has 1 rings (SSSR count). The fourth-order valence-electron chi connectivity index (χ4n) is 1.09. The summed E-state index contributed by atoms with van der Waals surface area (Å²) in [6.07, 6.45) is -0.513. The van der Waals surface area contributed by atoms with Crippen molar-refractivity contribution in [2.45, 2.75) is 6.92 Å². The van der Waals surface area contributed by atoms with Crippen LogP contribution in [-0.2, 0) is 4.74 Å². The molecule has 5 nitrogen and oxygen atoms in total. The molecule has 0 atom stereocenters. The predicted molar refractivity (Wildman–Crippen MR) is 58.1 cm³/mol. The highest BCUT2D eigenvalue weighted by Crippen LogP contribution is 2.26. The molecule has 0 spiro atoms. The number of halogens is 1. The molecular weight excluding hydrogens is 232 g/mol. The van der Waals surface area contributed by atoms with Crippen molar-refractivity contribution in [3.8, 4) is 5.75 Å². The third-order valence-electron chi connectivity index (χ3n) is 1.74. The lowest BCUT2D eigenvalue weighted by atomic mass is 10.2. The maximum Gasteiger partial charge on any atom is 0.411 e. The largest absolute Gasteiger partial charge is 1.00 e. The van der Waals surface area contributed by atoms with Gasteiger partial charge in [-0.2, -0.15) is 0 Å². The Bertz CT molecular complexity index is 358. The number of rotatable bonds is 3. The van der Waals surface area contributed by atoms with Crippen molar-refractivity contribution < 1.29 is 26.7 Å². The summed E-state index contributed by atoms with van der Waals surface area (Å²) in [5.74, 6) is 0.503. The number of methoxy groups -OCH3 is 1. The molecule has 90 valence electrons. The summed E-state index contributed by atoms with van der Waals surface area (Å²) < 4.78 is 9.79. The summed E-state index contributed by atoms with van der Waals surface area (Å²) in [5, 5.41) is 2.55. The summed E-state index contributed by atoms with van der Waals surface area (Å²) in [6.45, 7) is 2.06. The molecule has 0 aliphatic heterocycles. The van der Waals surface area contributed by atoms with Gasteiger partial charge in [0.2, 0.25) is 0 Å². The number of nitrogen functional groups attached to an aromatic ring is 1. The Balaban J connectivity index is 0.00000225. The minimum atomic E-state index is -0.513. The summed E-state index contributed by atoms with van der Waals surface area (Å²) in [4.78, 5) is 11.1. The summed E-state index contributed by atoms with van der Waals surface area (Å²) in [6, 6.07) is 4.96. The van der Waals surface area contributed by atoms with Gasteiger partial charge in [0, 0.05) is 11.8 Å². The zero-order valence-electron chi connectivity index (χ0n) is 9.12. The molecule has 1 aromatic rings. The number of amides is 1. The minimum Gasteiger partial charge on any atom is -1.00 e. The number of carbonyl (C=O) groups is 1. The zero-order valence-corrected chi connectivity index (χ0v) is 9.88. The van der Waals surface area contributed by atoms with Gasteiger partial charge >= 0.3 is 6.09 Å². The Labute approximate surface area is 100 Å². The molecule has 0 aliphatic rings. The van der Waals surface area contributed by atoms with E-state index in [2.05, 4.69) is 5.32 Å². The molecule has 0 aliphatic carbocycles. The molecule has 0 aromatic heterocycles. The van der Waals surface area contributed by atoms with Crippen LogP contribution in [0.5, 0.6) is 5.75 Å². The smallest absolute Gasteiger partial charge is 0.411 e. The first-order chi connectivity index (χ1) is 7.17. The quantitative estimate of drug-likeness (QED) is 0.660. The topological polar surface area (TPSA) is 73.6 Å². The fourth-order valence-corrected chi connectivity index (χ4v) is 1.09. The van der Waals surface area contributed by atoms with Gasteiger partial charge in [0.25, 0.3) is 0 Å². The zero-order chi connectivity index (χ0) is 11.3. The van der Waals surface area contributed by atoms with Crippen molar-refractivity contribution in [2.24, 2.45) is 0 Å². The highest BCUT2D eigenvalue weighted by molar-refractivity contribution is 5.87. The summed E-state index contributed by atoms with van der Waals surface area (Å²) in [7, 11) is 1.51. The van der Waals surface area contributed by atoms with E-state index in [4.69, 9.17) is 15.2 Å². The summed E-state index contributed by atoms with van der Waals surface area (Å²) in [5.41, 5.74) is 6.67. The molecule has 1 amide bonds. The van der Waals surface area contributed by atoms with Crippen LogP contribution in [0.2, 0.25) is 0 Å². The van der Waals surface area contributed by atoms with Crippen LogP contribution in [-0.4, -0.2) is 19.8 Å². The van der Waals surface area contributed by atoms with Gasteiger partial charge in [-0.25, -0.2) is 4.79 Å². The van der Waals surface area contributed by atoms with Crippen molar-refractivity contribution in [3.05, 3.63) is 18.2 Å². The van der Waals surface area contributed by atoms with Crippen molar-refractivity contribution in [3.63, 3.8) is 0 Å². The molecule has 6 heteroatoms. The first kappa shape index (κ1) is 14.4. The molecule has 0 radical (unpaired) electrons. The second-order valence-electron chi connectivity index (χ2n) is 2.81. The fraction of sp³-hybridized carbons (Fsp3) is 0.300. The highest BCUT2D eigenvalue weighted by atomic mass is 35.5. The maximum absolute atomic E-state index is 11.1. The number of carbonyl (C=O) groups excluding carboxylic acids is 1. The predicted octanol–water partition coefficient (Wildman–Crippen LogP) is -1.15. The van der Waals surface area contributed by atoms with E-state index < -0.39 is 6.09 Å². The Morgan fingerprint density at radius 3 is 2.75 bits per heavy atom. The van der Waals surface area contributed by atoms with Gasteiger partial charge in [-0.3, -0.25) is 5.32 Å². The van der Waals surface area contributed by atoms with E-state index in [1.165, 1.54) is 7.11 Å². The van der Waals surface area contributed by atoms with Gasteiger partial charge in [0.05, 0.1) is 19.4 Å². The molecule has 1 aromatic carbocycles. The lowest BCUT2D eigenvalue weighted by Gasteiger charge is -2.10. The SMILES string of the molecule is CCOC(=O)Nc1ccc(N)cc1OC.[Cl-]. The van der Waals surface area contributed by atoms with Crippen molar-refractivity contribution >= 4 is 17.5 Å². The van der Waals surface area contributed by atoms with Crippen LogP contribution >= 0.6 is 0 Å². The van der Waals surface area contributed by atoms with Crippen LogP contribution < -0.4 is 28.2 Å². The van der Waals surface area contributed by atoms with Crippen molar-refractivity contribution in [1.29, 1.82) is 0 Å². The molecule has 0 heterocycles. The Morgan fingerprint density at radius 1 is 1.50 bits per heavy atom.